The van der Waals surface area contributed by atoms with Crippen molar-refractivity contribution in [3.05, 3.63) is 96.1 Å². The molecule has 1 heterocycles. The lowest BCUT2D eigenvalue weighted by atomic mass is 9.97. The second kappa shape index (κ2) is 5.73. The maximum absolute atomic E-state index is 2.30. The molecule has 0 unspecified atom stereocenters. The largest absolute Gasteiger partial charge is 0.0888 e. The van der Waals surface area contributed by atoms with Gasteiger partial charge in [0.2, 0.25) is 0 Å². The number of fused-ring (bicyclic) bond motifs is 8. The van der Waals surface area contributed by atoms with Gasteiger partial charge in [0.1, 0.15) is 0 Å². The van der Waals surface area contributed by atoms with Gasteiger partial charge in [-0.25, -0.2) is 0 Å². The molecule has 0 nitrogen and oxygen atoms in total. The molecule has 0 radical (unpaired) electrons. The van der Waals surface area contributed by atoms with E-state index < -0.39 is 0 Å². The van der Waals surface area contributed by atoms with Gasteiger partial charge >= 0.3 is 0 Å². The zero-order valence-electron chi connectivity index (χ0n) is 14.6. The monoisotopic (exact) mass is 360 g/mol. The van der Waals surface area contributed by atoms with Crippen LogP contribution in [0.3, 0.4) is 0 Å². The van der Waals surface area contributed by atoms with Crippen LogP contribution in [0.1, 0.15) is 11.1 Å². The van der Waals surface area contributed by atoms with Gasteiger partial charge in [-0.1, -0.05) is 96.7 Å². The first-order valence-corrected chi connectivity index (χ1v) is 10.0. The molecule has 1 aliphatic heterocycles. The maximum Gasteiger partial charge on any atom is 0.0201 e. The highest BCUT2D eigenvalue weighted by Gasteiger charge is 2.15. The highest BCUT2D eigenvalue weighted by molar-refractivity contribution is 7.99. The summed E-state index contributed by atoms with van der Waals surface area (Å²) in [7, 11) is 0. The van der Waals surface area contributed by atoms with E-state index in [0.29, 0.717) is 0 Å². The summed E-state index contributed by atoms with van der Waals surface area (Å²) in [5.41, 5.74) is 2.65. The number of benzene rings is 5. The van der Waals surface area contributed by atoms with Gasteiger partial charge in [0.05, 0.1) is 0 Å². The average molecular weight is 360 g/mol. The minimum Gasteiger partial charge on any atom is -0.0888 e. The molecule has 27 heavy (non-hydrogen) atoms. The topological polar surface area (TPSA) is 0 Å². The van der Waals surface area contributed by atoms with Crippen molar-refractivity contribution in [2.45, 2.75) is 9.79 Å². The lowest BCUT2D eigenvalue weighted by Crippen LogP contribution is -1.85. The molecular weight excluding hydrogens is 344 g/mol. The predicted molar refractivity (Wildman–Crippen MR) is 118 cm³/mol. The maximum atomic E-state index is 2.30. The van der Waals surface area contributed by atoms with Crippen LogP contribution in [0.15, 0.2) is 94.7 Å². The Morgan fingerprint density at radius 2 is 0.963 bits per heavy atom. The quantitative estimate of drug-likeness (QED) is 0.249. The van der Waals surface area contributed by atoms with E-state index in [4.69, 9.17) is 0 Å². The lowest BCUT2D eigenvalue weighted by Gasteiger charge is -2.11. The van der Waals surface area contributed by atoms with E-state index in [1.165, 1.54) is 53.2 Å². The molecule has 0 aliphatic carbocycles. The van der Waals surface area contributed by atoms with Crippen molar-refractivity contribution in [1.29, 1.82) is 0 Å². The summed E-state index contributed by atoms with van der Waals surface area (Å²) in [6, 6.07) is 30.8. The molecule has 5 aromatic carbocycles. The van der Waals surface area contributed by atoms with Crippen LogP contribution in [0.5, 0.6) is 0 Å². The van der Waals surface area contributed by atoms with Gasteiger partial charge in [0.15, 0.2) is 0 Å². The summed E-state index contributed by atoms with van der Waals surface area (Å²) in [4.78, 5) is 2.65. The molecule has 0 atom stereocenters. The molecule has 0 spiro atoms. The molecule has 0 N–H and O–H groups in total. The van der Waals surface area contributed by atoms with Gasteiger partial charge in [-0.15, -0.1) is 0 Å². The van der Waals surface area contributed by atoms with Gasteiger partial charge in [-0.05, 0) is 55.6 Å². The van der Waals surface area contributed by atoms with Crippen LogP contribution in [-0.2, 0) is 0 Å². The third-order valence-electron chi connectivity index (χ3n) is 5.49. The highest BCUT2D eigenvalue weighted by atomic mass is 32.2. The van der Waals surface area contributed by atoms with Gasteiger partial charge in [0, 0.05) is 9.79 Å². The Kier molecular flexibility index (Phi) is 3.20. The van der Waals surface area contributed by atoms with Gasteiger partial charge in [-0.3, -0.25) is 0 Å². The summed E-state index contributed by atoms with van der Waals surface area (Å²) in [5.74, 6) is 0. The Morgan fingerprint density at radius 1 is 0.407 bits per heavy atom. The predicted octanol–water partition coefficient (Wildman–Crippen LogP) is 7.78. The van der Waals surface area contributed by atoms with Crippen LogP contribution in [-0.4, -0.2) is 0 Å². The Morgan fingerprint density at radius 3 is 1.78 bits per heavy atom. The lowest BCUT2D eigenvalue weighted by molar-refractivity contribution is 1.43. The summed E-state index contributed by atoms with van der Waals surface area (Å²) in [5, 5.41) is 7.89. The molecule has 0 aromatic heterocycles. The zero-order valence-corrected chi connectivity index (χ0v) is 15.5. The Balaban J connectivity index is 1.65. The third kappa shape index (κ3) is 2.25. The van der Waals surface area contributed by atoms with E-state index in [1.807, 2.05) is 11.8 Å². The van der Waals surface area contributed by atoms with E-state index in [9.17, 15) is 0 Å². The standard InChI is InChI=1S/C26H16S/c1-3-7-19-17(5-1)9-11-22-21(19)14-16-26-24(22)13-12-23-20-8-4-2-6-18(20)10-15-25(23)27-26/h1-16H. The Labute approximate surface area is 162 Å². The second-order valence-corrected chi connectivity index (χ2v) is 8.08. The molecular formula is C26H16S. The van der Waals surface area contributed by atoms with Crippen molar-refractivity contribution < 1.29 is 0 Å². The summed E-state index contributed by atoms with van der Waals surface area (Å²) in [6.45, 7) is 0. The summed E-state index contributed by atoms with van der Waals surface area (Å²) >= 11 is 1.88. The van der Waals surface area contributed by atoms with Gasteiger partial charge in [0.25, 0.3) is 0 Å². The molecule has 126 valence electrons. The number of hydrogen-bond acceptors (Lipinski definition) is 1. The minimum absolute atomic E-state index is 1.29. The highest BCUT2D eigenvalue weighted by Crippen LogP contribution is 2.43. The van der Waals surface area contributed by atoms with Gasteiger partial charge < -0.3 is 0 Å². The average Bonchev–Trinajstić information content (AvgIpc) is 2.93. The van der Waals surface area contributed by atoms with E-state index in [-0.39, 0.29) is 0 Å². The second-order valence-electron chi connectivity index (χ2n) is 6.99. The molecule has 1 heteroatoms. The van der Waals surface area contributed by atoms with Crippen LogP contribution in [0.25, 0.3) is 44.5 Å². The Bertz CT molecular complexity index is 1390. The molecule has 1 aliphatic rings. The zero-order chi connectivity index (χ0) is 17.8. The first-order chi connectivity index (χ1) is 13.4. The van der Waals surface area contributed by atoms with E-state index in [0.717, 1.165) is 0 Å². The molecule has 6 rings (SSSR count). The van der Waals surface area contributed by atoms with E-state index in [1.54, 1.807) is 0 Å². The fourth-order valence-electron chi connectivity index (χ4n) is 4.17. The third-order valence-corrected chi connectivity index (χ3v) is 6.65. The molecule has 0 saturated carbocycles. The minimum atomic E-state index is 1.29. The fraction of sp³-hybridized carbons (Fsp3) is 0. The Hall–Kier alpha value is -3.03. The SMILES string of the molecule is C1=Cc2c(ccc3c2ccc2ccccc23)Sc2ccc3ccccc3c21. The van der Waals surface area contributed by atoms with Crippen molar-refractivity contribution in [3.63, 3.8) is 0 Å². The molecule has 0 bridgehead atoms. The molecule has 0 fully saturated rings. The molecule has 0 saturated heterocycles. The van der Waals surface area contributed by atoms with Crippen molar-refractivity contribution in [3.8, 4) is 0 Å². The summed E-state index contributed by atoms with van der Waals surface area (Å²) < 4.78 is 0. The molecule has 0 amide bonds. The normalized spacial score (nSPS) is 12.9. The fourth-order valence-corrected chi connectivity index (χ4v) is 5.26. The molecule has 5 aromatic rings. The van der Waals surface area contributed by atoms with Crippen LogP contribution < -0.4 is 0 Å². The first-order valence-electron chi connectivity index (χ1n) is 9.21. The van der Waals surface area contributed by atoms with Crippen LogP contribution in [0.4, 0.5) is 0 Å². The van der Waals surface area contributed by atoms with Crippen LogP contribution >= 0.6 is 11.8 Å². The van der Waals surface area contributed by atoms with Crippen molar-refractivity contribution in [2.24, 2.45) is 0 Å². The van der Waals surface area contributed by atoms with Gasteiger partial charge in [-0.2, -0.15) is 0 Å². The van der Waals surface area contributed by atoms with Crippen molar-refractivity contribution in [1.82, 2.24) is 0 Å². The van der Waals surface area contributed by atoms with E-state index in [2.05, 4.69) is 97.1 Å². The van der Waals surface area contributed by atoms with Crippen LogP contribution in [0, 0.1) is 0 Å². The smallest absolute Gasteiger partial charge is 0.0201 e. The number of rotatable bonds is 0. The summed E-state index contributed by atoms with van der Waals surface area (Å²) in [6.07, 6.45) is 4.60. The van der Waals surface area contributed by atoms with E-state index >= 15 is 0 Å². The van der Waals surface area contributed by atoms with Crippen LogP contribution in [0.2, 0.25) is 0 Å². The number of hydrogen-bond donors (Lipinski definition) is 0. The van der Waals surface area contributed by atoms with Crippen molar-refractivity contribution in [2.75, 3.05) is 0 Å². The van der Waals surface area contributed by atoms with Crippen molar-refractivity contribution >= 4 is 56.2 Å². The first kappa shape index (κ1) is 15.1.